The molecule has 1 amide bonds. The molecular weight excluding hydrogens is 232 g/mol. The number of nitrogens with zero attached hydrogens (tertiary/aromatic N) is 3. The molecule has 1 aromatic carbocycles. The molecule has 0 atom stereocenters. The van der Waals surface area contributed by atoms with Crippen molar-refractivity contribution in [3.05, 3.63) is 47.5 Å². The third-order valence-electron chi connectivity index (χ3n) is 2.58. The minimum atomic E-state index is -0.101. The van der Waals surface area contributed by atoms with Gasteiger partial charge in [0.05, 0.1) is 13.2 Å². The fraction of sp³-hybridized carbons (Fsp3) is 0.250. The van der Waals surface area contributed by atoms with Gasteiger partial charge in [0.1, 0.15) is 12.2 Å². The van der Waals surface area contributed by atoms with Crippen LogP contribution >= 0.6 is 0 Å². The van der Waals surface area contributed by atoms with E-state index in [2.05, 4.69) is 15.2 Å². The van der Waals surface area contributed by atoms with Crippen LogP contribution in [0.4, 0.5) is 0 Å². The molecule has 0 aliphatic heterocycles. The number of hydrogen-bond acceptors (Lipinski definition) is 4. The fourth-order valence-corrected chi connectivity index (χ4v) is 1.58. The van der Waals surface area contributed by atoms with E-state index in [1.165, 1.54) is 6.33 Å². The lowest BCUT2D eigenvalue weighted by atomic mass is 10.1. The Morgan fingerprint density at radius 3 is 2.67 bits per heavy atom. The van der Waals surface area contributed by atoms with E-state index in [0.717, 1.165) is 5.56 Å². The Morgan fingerprint density at radius 1 is 1.39 bits per heavy atom. The van der Waals surface area contributed by atoms with Gasteiger partial charge in [-0.2, -0.15) is 5.10 Å². The van der Waals surface area contributed by atoms with Gasteiger partial charge in [-0.1, -0.05) is 12.1 Å². The second-order valence-electron chi connectivity index (χ2n) is 3.95. The summed E-state index contributed by atoms with van der Waals surface area (Å²) >= 11 is 0. The van der Waals surface area contributed by atoms with Gasteiger partial charge >= 0.3 is 0 Å². The average molecular weight is 246 g/mol. The van der Waals surface area contributed by atoms with Gasteiger partial charge in [-0.05, 0) is 17.7 Å². The zero-order chi connectivity index (χ0) is 13.0. The number of nitrogens with one attached hydrogen (secondary N) is 1. The Morgan fingerprint density at radius 2 is 2.11 bits per heavy atom. The number of carbonyl (C=O) groups excluding carboxylic acids is 1. The van der Waals surface area contributed by atoms with Crippen molar-refractivity contribution in [3.8, 4) is 0 Å². The number of rotatable bonds is 4. The number of aliphatic hydroxyl groups is 1. The molecule has 0 unspecified atom stereocenters. The molecule has 18 heavy (non-hydrogen) atoms. The highest BCUT2D eigenvalue weighted by molar-refractivity contribution is 5.94. The maximum Gasteiger partial charge on any atom is 0.254 e. The highest BCUT2D eigenvalue weighted by Crippen LogP contribution is 2.08. The van der Waals surface area contributed by atoms with Gasteiger partial charge in [0, 0.05) is 12.6 Å². The molecule has 0 aliphatic carbocycles. The van der Waals surface area contributed by atoms with Crippen LogP contribution in [0.1, 0.15) is 21.7 Å². The molecule has 0 aliphatic rings. The summed E-state index contributed by atoms with van der Waals surface area (Å²) in [5.41, 5.74) is 1.36. The number of H-pyrrole nitrogens is 1. The molecule has 1 heterocycles. The predicted molar refractivity (Wildman–Crippen MR) is 64.5 cm³/mol. The SMILES string of the molecule is CN(Cc1ncn[nH]1)C(=O)c1ccc(CO)cc1. The lowest BCUT2D eigenvalue weighted by Crippen LogP contribution is -2.26. The van der Waals surface area contributed by atoms with Gasteiger partial charge in [-0.3, -0.25) is 9.89 Å². The molecule has 0 fully saturated rings. The number of aromatic amines is 1. The summed E-state index contributed by atoms with van der Waals surface area (Å²) in [5.74, 6) is 0.536. The Bertz CT molecular complexity index is 507. The monoisotopic (exact) mass is 246 g/mol. The van der Waals surface area contributed by atoms with Crippen molar-refractivity contribution in [2.45, 2.75) is 13.2 Å². The van der Waals surface area contributed by atoms with E-state index >= 15 is 0 Å². The molecule has 0 bridgehead atoms. The van der Waals surface area contributed by atoms with E-state index < -0.39 is 0 Å². The number of aliphatic hydroxyl groups excluding tert-OH is 1. The molecule has 0 spiro atoms. The normalized spacial score (nSPS) is 10.3. The zero-order valence-electron chi connectivity index (χ0n) is 10.00. The first-order valence-electron chi connectivity index (χ1n) is 5.50. The number of carbonyl (C=O) groups is 1. The number of aromatic nitrogens is 3. The van der Waals surface area contributed by atoms with Crippen molar-refractivity contribution in [2.24, 2.45) is 0 Å². The Labute approximate surface area is 104 Å². The van der Waals surface area contributed by atoms with E-state index in [1.807, 2.05) is 0 Å². The van der Waals surface area contributed by atoms with Crippen LogP contribution in [0.15, 0.2) is 30.6 Å². The highest BCUT2D eigenvalue weighted by Gasteiger charge is 2.12. The van der Waals surface area contributed by atoms with Gasteiger partial charge in [-0.25, -0.2) is 4.98 Å². The molecule has 0 saturated heterocycles. The van der Waals surface area contributed by atoms with Gasteiger partial charge in [0.2, 0.25) is 0 Å². The third kappa shape index (κ3) is 2.72. The largest absolute Gasteiger partial charge is 0.392 e. The highest BCUT2D eigenvalue weighted by atomic mass is 16.3. The summed E-state index contributed by atoms with van der Waals surface area (Å²) in [6.45, 7) is 0.350. The predicted octanol–water partition coefficient (Wildman–Crippen LogP) is 0.569. The summed E-state index contributed by atoms with van der Waals surface area (Å²) in [5, 5.41) is 15.4. The Balaban J connectivity index is 2.05. The second-order valence-corrected chi connectivity index (χ2v) is 3.95. The fourth-order valence-electron chi connectivity index (χ4n) is 1.58. The second kappa shape index (κ2) is 5.42. The number of benzene rings is 1. The van der Waals surface area contributed by atoms with Gasteiger partial charge in [0.25, 0.3) is 5.91 Å². The molecule has 6 nitrogen and oxygen atoms in total. The summed E-state index contributed by atoms with van der Waals surface area (Å²) < 4.78 is 0. The van der Waals surface area contributed by atoms with Crippen LogP contribution < -0.4 is 0 Å². The topological polar surface area (TPSA) is 82.1 Å². The van der Waals surface area contributed by atoms with Crippen molar-refractivity contribution in [1.82, 2.24) is 20.1 Å². The molecule has 0 saturated carbocycles. The Hall–Kier alpha value is -2.21. The number of amides is 1. The van der Waals surface area contributed by atoms with Crippen molar-refractivity contribution >= 4 is 5.91 Å². The molecule has 1 aromatic heterocycles. The maximum absolute atomic E-state index is 12.1. The number of hydrogen-bond donors (Lipinski definition) is 2. The van der Waals surface area contributed by atoms with Crippen LogP contribution in [0.3, 0.4) is 0 Å². The summed E-state index contributed by atoms with van der Waals surface area (Å²) in [4.78, 5) is 17.6. The first-order chi connectivity index (χ1) is 8.70. The Kier molecular flexibility index (Phi) is 3.69. The minimum Gasteiger partial charge on any atom is -0.392 e. The van der Waals surface area contributed by atoms with Crippen LogP contribution in [-0.4, -0.2) is 38.1 Å². The van der Waals surface area contributed by atoms with E-state index in [9.17, 15) is 4.79 Å². The van der Waals surface area contributed by atoms with Crippen LogP contribution in [0, 0.1) is 0 Å². The first-order valence-corrected chi connectivity index (χ1v) is 5.50. The van der Waals surface area contributed by atoms with E-state index in [-0.39, 0.29) is 12.5 Å². The molecule has 6 heteroatoms. The molecular formula is C12H14N4O2. The standard InChI is InChI=1S/C12H14N4O2/c1-16(6-11-13-8-14-15-11)12(18)10-4-2-9(7-17)3-5-10/h2-5,8,17H,6-7H2,1H3,(H,13,14,15). The zero-order valence-corrected chi connectivity index (χ0v) is 10.00. The summed E-state index contributed by atoms with van der Waals surface area (Å²) in [6, 6.07) is 6.86. The van der Waals surface area contributed by atoms with Gasteiger partial charge < -0.3 is 10.0 Å². The van der Waals surface area contributed by atoms with Crippen LogP contribution in [-0.2, 0) is 13.2 Å². The molecule has 94 valence electrons. The maximum atomic E-state index is 12.1. The molecule has 0 radical (unpaired) electrons. The third-order valence-corrected chi connectivity index (χ3v) is 2.58. The van der Waals surface area contributed by atoms with Gasteiger partial charge in [-0.15, -0.1) is 0 Å². The van der Waals surface area contributed by atoms with E-state index in [4.69, 9.17) is 5.11 Å². The van der Waals surface area contributed by atoms with Crippen molar-refractivity contribution < 1.29 is 9.90 Å². The van der Waals surface area contributed by atoms with Crippen LogP contribution in [0.2, 0.25) is 0 Å². The summed E-state index contributed by atoms with van der Waals surface area (Å²) in [7, 11) is 1.70. The van der Waals surface area contributed by atoms with Crippen molar-refractivity contribution in [1.29, 1.82) is 0 Å². The minimum absolute atomic E-state index is 0.0254. The van der Waals surface area contributed by atoms with Crippen LogP contribution in [0.5, 0.6) is 0 Å². The molecule has 2 aromatic rings. The van der Waals surface area contributed by atoms with Crippen LogP contribution in [0.25, 0.3) is 0 Å². The molecule has 2 rings (SSSR count). The smallest absolute Gasteiger partial charge is 0.254 e. The first kappa shape index (κ1) is 12.3. The lowest BCUT2D eigenvalue weighted by Gasteiger charge is -2.15. The molecule has 2 N–H and O–H groups in total. The van der Waals surface area contributed by atoms with E-state index in [0.29, 0.717) is 17.9 Å². The van der Waals surface area contributed by atoms with Crippen molar-refractivity contribution in [3.63, 3.8) is 0 Å². The van der Waals surface area contributed by atoms with E-state index in [1.54, 1.807) is 36.2 Å². The quantitative estimate of drug-likeness (QED) is 0.826. The van der Waals surface area contributed by atoms with Gasteiger partial charge in [0.15, 0.2) is 0 Å². The lowest BCUT2D eigenvalue weighted by molar-refractivity contribution is 0.0781. The summed E-state index contributed by atoms with van der Waals surface area (Å²) in [6.07, 6.45) is 1.41. The van der Waals surface area contributed by atoms with Crippen molar-refractivity contribution in [2.75, 3.05) is 7.05 Å². The average Bonchev–Trinajstić information content (AvgIpc) is 2.91.